The van der Waals surface area contributed by atoms with Crippen LogP contribution >= 0.6 is 0 Å². The van der Waals surface area contributed by atoms with E-state index < -0.39 is 6.04 Å². The molecule has 0 saturated heterocycles. The number of benzene rings is 2. The topological polar surface area (TPSA) is 49.4 Å². The summed E-state index contributed by atoms with van der Waals surface area (Å²) in [6.45, 7) is 4.39. The molecule has 1 atom stereocenters. The van der Waals surface area contributed by atoms with Gasteiger partial charge in [-0.3, -0.25) is 14.5 Å². The number of para-hydroxylation sites is 1. The first-order chi connectivity index (χ1) is 12.6. The molecule has 1 aliphatic heterocycles. The molecular formula is C22H26N2O2. The van der Waals surface area contributed by atoms with Crippen molar-refractivity contribution >= 4 is 17.5 Å². The van der Waals surface area contributed by atoms with E-state index in [9.17, 15) is 9.59 Å². The minimum absolute atomic E-state index is 0.0184. The summed E-state index contributed by atoms with van der Waals surface area (Å²) in [7, 11) is 0. The lowest BCUT2D eigenvalue weighted by Crippen LogP contribution is -2.48. The van der Waals surface area contributed by atoms with Crippen molar-refractivity contribution in [3.8, 4) is 0 Å². The van der Waals surface area contributed by atoms with E-state index in [4.69, 9.17) is 0 Å². The van der Waals surface area contributed by atoms with Crippen LogP contribution in [0.1, 0.15) is 43.4 Å². The molecule has 1 aliphatic rings. The average Bonchev–Trinajstić information content (AvgIpc) is 2.84. The fourth-order valence-corrected chi connectivity index (χ4v) is 3.41. The number of carbonyl (C=O) groups is 2. The van der Waals surface area contributed by atoms with Crippen LogP contribution in [0.3, 0.4) is 0 Å². The van der Waals surface area contributed by atoms with E-state index in [-0.39, 0.29) is 11.8 Å². The third-order valence-corrected chi connectivity index (χ3v) is 5.02. The van der Waals surface area contributed by atoms with E-state index in [1.54, 1.807) is 11.8 Å². The summed E-state index contributed by atoms with van der Waals surface area (Å²) in [5.74, 6) is -0.112. The maximum absolute atomic E-state index is 12.7. The highest BCUT2D eigenvalue weighted by Crippen LogP contribution is 2.28. The Morgan fingerprint density at radius 2 is 1.77 bits per heavy atom. The highest BCUT2D eigenvalue weighted by Gasteiger charge is 2.30. The molecule has 1 unspecified atom stereocenters. The molecule has 0 aliphatic carbocycles. The first-order valence-corrected chi connectivity index (χ1v) is 9.35. The number of nitrogens with one attached hydrogen (secondary N) is 1. The van der Waals surface area contributed by atoms with Crippen LogP contribution in [-0.4, -0.2) is 17.9 Å². The number of aryl methyl sites for hydroxylation is 2. The number of amides is 2. The number of anilines is 1. The maximum atomic E-state index is 12.7. The summed E-state index contributed by atoms with van der Waals surface area (Å²) >= 11 is 0. The minimum Gasteiger partial charge on any atom is -0.350 e. The van der Waals surface area contributed by atoms with Gasteiger partial charge >= 0.3 is 0 Å². The molecule has 0 saturated carbocycles. The fourth-order valence-electron chi connectivity index (χ4n) is 3.41. The molecule has 2 aromatic carbocycles. The molecule has 2 amide bonds. The molecule has 4 nitrogen and oxygen atoms in total. The van der Waals surface area contributed by atoms with Gasteiger partial charge in [0, 0.05) is 18.7 Å². The molecule has 4 heteroatoms. The number of rotatable bonds is 5. The van der Waals surface area contributed by atoms with Crippen molar-refractivity contribution in [1.29, 1.82) is 0 Å². The molecule has 26 heavy (non-hydrogen) atoms. The van der Waals surface area contributed by atoms with Crippen LogP contribution in [0.25, 0.3) is 0 Å². The van der Waals surface area contributed by atoms with Gasteiger partial charge in [-0.2, -0.15) is 0 Å². The number of fused-ring (bicyclic) bond motifs is 1. The third-order valence-electron chi connectivity index (χ3n) is 5.02. The zero-order valence-electron chi connectivity index (χ0n) is 15.5. The summed E-state index contributed by atoms with van der Waals surface area (Å²) in [6.07, 6.45) is 3.17. The predicted molar refractivity (Wildman–Crippen MR) is 104 cm³/mol. The van der Waals surface area contributed by atoms with Crippen molar-refractivity contribution in [2.75, 3.05) is 4.90 Å². The van der Waals surface area contributed by atoms with Crippen LogP contribution in [-0.2, 0) is 29.0 Å². The predicted octanol–water partition coefficient (Wildman–Crippen LogP) is 3.62. The lowest BCUT2D eigenvalue weighted by molar-refractivity contribution is -0.126. The van der Waals surface area contributed by atoms with Gasteiger partial charge in [-0.1, -0.05) is 49.4 Å². The molecule has 0 fully saturated rings. The first-order valence-electron chi connectivity index (χ1n) is 9.35. The Balaban J connectivity index is 1.71. The van der Waals surface area contributed by atoms with E-state index >= 15 is 0 Å². The second-order valence-electron chi connectivity index (χ2n) is 6.81. The van der Waals surface area contributed by atoms with Crippen molar-refractivity contribution in [3.63, 3.8) is 0 Å². The smallest absolute Gasteiger partial charge is 0.243 e. The Bertz CT molecular complexity index is 783. The van der Waals surface area contributed by atoms with Crippen molar-refractivity contribution in [2.45, 2.75) is 52.1 Å². The molecule has 136 valence electrons. The standard InChI is InChI=1S/C22H26N2O2/c1-3-17-11-13-18(14-12-17)15-23-22(26)16(2)24-20-9-5-4-7-19(20)8-6-10-21(24)25/h4-5,7,9,11-14,16H,3,6,8,10,15H2,1-2H3,(H,23,26). The van der Waals surface area contributed by atoms with Crippen LogP contribution in [0, 0.1) is 0 Å². The second-order valence-corrected chi connectivity index (χ2v) is 6.81. The molecule has 0 bridgehead atoms. The van der Waals surface area contributed by atoms with E-state index in [2.05, 4.69) is 24.4 Å². The summed E-state index contributed by atoms with van der Waals surface area (Å²) in [4.78, 5) is 27.0. The van der Waals surface area contributed by atoms with Crippen LogP contribution < -0.4 is 10.2 Å². The minimum atomic E-state index is -0.531. The quantitative estimate of drug-likeness (QED) is 0.895. The van der Waals surface area contributed by atoms with Crippen LogP contribution in [0.5, 0.6) is 0 Å². The van der Waals surface area contributed by atoms with Gasteiger partial charge in [0.05, 0.1) is 0 Å². The number of hydrogen-bond donors (Lipinski definition) is 1. The molecule has 0 radical (unpaired) electrons. The monoisotopic (exact) mass is 350 g/mol. The normalized spacial score (nSPS) is 15.2. The Morgan fingerprint density at radius 3 is 2.50 bits per heavy atom. The van der Waals surface area contributed by atoms with Crippen LogP contribution in [0.2, 0.25) is 0 Å². The van der Waals surface area contributed by atoms with Crippen LogP contribution in [0.4, 0.5) is 5.69 Å². The lowest BCUT2D eigenvalue weighted by Gasteiger charge is -2.28. The Hall–Kier alpha value is -2.62. The molecular weight excluding hydrogens is 324 g/mol. The van der Waals surface area contributed by atoms with Crippen molar-refractivity contribution < 1.29 is 9.59 Å². The molecule has 2 aromatic rings. The van der Waals surface area contributed by atoms with Gasteiger partial charge in [0.25, 0.3) is 0 Å². The van der Waals surface area contributed by atoms with Gasteiger partial charge in [0.2, 0.25) is 11.8 Å². The van der Waals surface area contributed by atoms with Gasteiger partial charge in [-0.15, -0.1) is 0 Å². The van der Waals surface area contributed by atoms with Crippen molar-refractivity contribution in [1.82, 2.24) is 5.32 Å². The van der Waals surface area contributed by atoms with Gasteiger partial charge in [-0.25, -0.2) is 0 Å². The second kappa shape index (κ2) is 8.17. The Kier molecular flexibility index (Phi) is 5.71. The van der Waals surface area contributed by atoms with Gasteiger partial charge in [0.1, 0.15) is 6.04 Å². The highest BCUT2D eigenvalue weighted by atomic mass is 16.2. The van der Waals surface area contributed by atoms with E-state index in [0.717, 1.165) is 36.1 Å². The van der Waals surface area contributed by atoms with Gasteiger partial charge in [-0.05, 0) is 48.9 Å². The van der Waals surface area contributed by atoms with E-state index in [1.807, 2.05) is 36.4 Å². The van der Waals surface area contributed by atoms with Crippen molar-refractivity contribution in [2.24, 2.45) is 0 Å². The molecule has 1 N–H and O–H groups in total. The van der Waals surface area contributed by atoms with E-state index in [0.29, 0.717) is 13.0 Å². The van der Waals surface area contributed by atoms with Crippen LogP contribution in [0.15, 0.2) is 48.5 Å². The summed E-state index contributed by atoms with van der Waals surface area (Å²) in [6, 6.07) is 15.6. The average molecular weight is 350 g/mol. The molecule has 0 aromatic heterocycles. The maximum Gasteiger partial charge on any atom is 0.243 e. The number of nitrogens with zero attached hydrogens (tertiary/aromatic N) is 1. The zero-order chi connectivity index (χ0) is 18.5. The van der Waals surface area contributed by atoms with Crippen molar-refractivity contribution in [3.05, 3.63) is 65.2 Å². The summed E-state index contributed by atoms with van der Waals surface area (Å²) in [5, 5.41) is 2.97. The fraction of sp³-hybridized carbons (Fsp3) is 0.364. The Morgan fingerprint density at radius 1 is 1.08 bits per heavy atom. The lowest BCUT2D eigenvalue weighted by atomic mass is 10.1. The van der Waals surface area contributed by atoms with Gasteiger partial charge < -0.3 is 5.32 Å². The number of hydrogen-bond acceptors (Lipinski definition) is 2. The molecule has 0 spiro atoms. The first kappa shape index (κ1) is 18.2. The summed E-state index contributed by atoms with van der Waals surface area (Å²) in [5.41, 5.74) is 4.34. The summed E-state index contributed by atoms with van der Waals surface area (Å²) < 4.78 is 0. The number of carbonyl (C=O) groups excluding carboxylic acids is 2. The zero-order valence-corrected chi connectivity index (χ0v) is 15.5. The SMILES string of the molecule is CCc1ccc(CNC(=O)C(C)N2C(=O)CCCc3ccccc32)cc1. The largest absolute Gasteiger partial charge is 0.350 e. The molecule has 3 rings (SSSR count). The highest BCUT2D eigenvalue weighted by molar-refractivity contribution is 6.01. The third kappa shape index (κ3) is 3.96. The molecule has 1 heterocycles. The van der Waals surface area contributed by atoms with E-state index in [1.165, 1.54) is 5.56 Å². The Labute approximate surface area is 155 Å². The van der Waals surface area contributed by atoms with Gasteiger partial charge in [0.15, 0.2) is 0 Å².